The zero-order valence-electron chi connectivity index (χ0n) is 16.6. The normalized spacial score (nSPS) is 24.2. The maximum absolute atomic E-state index is 9.43. The zero-order chi connectivity index (χ0) is 20.5. The van der Waals surface area contributed by atoms with E-state index in [-0.39, 0.29) is 17.4 Å². The van der Waals surface area contributed by atoms with Crippen LogP contribution in [-0.2, 0) is 5.41 Å². The third-order valence-electron chi connectivity index (χ3n) is 5.75. The van der Waals surface area contributed by atoms with Crippen molar-refractivity contribution < 1.29 is 0 Å². The largest absolute Gasteiger partial charge is 0.370 e. The van der Waals surface area contributed by atoms with Gasteiger partial charge in [0.2, 0.25) is 0 Å². The van der Waals surface area contributed by atoms with Gasteiger partial charge in [0.15, 0.2) is 5.96 Å². The first-order valence-corrected chi connectivity index (χ1v) is 9.35. The van der Waals surface area contributed by atoms with Crippen LogP contribution in [0.4, 0.5) is 0 Å². The molecule has 2 N–H and O–H groups in total. The molecule has 1 heterocycles. The summed E-state index contributed by atoms with van der Waals surface area (Å²) in [6.07, 6.45) is 5.58. The average molecular weight is 371 g/mol. The maximum Gasteiger partial charge on any atom is 0.195 e. The van der Waals surface area contributed by atoms with Gasteiger partial charge in [-0.3, -0.25) is 0 Å². The summed E-state index contributed by atoms with van der Waals surface area (Å²) in [5.74, 6) is 0.369. The van der Waals surface area contributed by atoms with Crippen molar-refractivity contribution in [2.24, 2.45) is 10.7 Å². The molecule has 1 unspecified atom stereocenters. The second-order valence-corrected chi connectivity index (χ2v) is 7.65. The Balaban J connectivity index is 1.99. The van der Waals surface area contributed by atoms with E-state index in [0.717, 1.165) is 35.2 Å². The Morgan fingerprint density at radius 2 is 1.89 bits per heavy atom. The lowest BCUT2D eigenvalue weighted by Crippen LogP contribution is -2.43. The number of hydrogen-bond donors (Lipinski definition) is 1. The van der Waals surface area contributed by atoms with Crippen LogP contribution in [0.1, 0.15) is 43.7 Å². The molecule has 0 spiro atoms. The predicted molar refractivity (Wildman–Crippen MR) is 111 cm³/mol. The van der Waals surface area contributed by atoms with E-state index in [1.807, 2.05) is 24.9 Å². The summed E-state index contributed by atoms with van der Waals surface area (Å²) in [6, 6.07) is 12.6. The third kappa shape index (κ3) is 3.44. The van der Waals surface area contributed by atoms with Gasteiger partial charge in [-0.05, 0) is 49.5 Å². The molecular formula is C23H25N5. The first-order valence-electron chi connectivity index (χ1n) is 9.35. The van der Waals surface area contributed by atoms with Crippen molar-refractivity contribution in [1.29, 1.82) is 10.5 Å². The first kappa shape index (κ1) is 19.5. The van der Waals surface area contributed by atoms with Crippen LogP contribution in [0.2, 0.25) is 0 Å². The van der Waals surface area contributed by atoms with Crippen LogP contribution in [0.25, 0.3) is 0 Å². The quantitative estimate of drug-likeness (QED) is 0.642. The summed E-state index contributed by atoms with van der Waals surface area (Å²) < 4.78 is 0. The Morgan fingerprint density at radius 1 is 1.25 bits per heavy atom. The van der Waals surface area contributed by atoms with Gasteiger partial charge in [-0.2, -0.15) is 10.5 Å². The molecule has 1 aromatic rings. The fourth-order valence-electron chi connectivity index (χ4n) is 3.57. The minimum Gasteiger partial charge on any atom is -0.370 e. The highest BCUT2D eigenvalue weighted by Crippen LogP contribution is 2.48. The molecule has 1 aliphatic carbocycles. The monoisotopic (exact) mass is 371 g/mol. The van der Waals surface area contributed by atoms with E-state index in [4.69, 9.17) is 16.0 Å². The molecule has 142 valence electrons. The fourth-order valence-corrected chi connectivity index (χ4v) is 3.57. The topological polar surface area (TPSA) is 89.2 Å². The van der Waals surface area contributed by atoms with Gasteiger partial charge in [-0.1, -0.05) is 36.9 Å². The van der Waals surface area contributed by atoms with Gasteiger partial charge < -0.3 is 10.6 Å². The van der Waals surface area contributed by atoms with Gasteiger partial charge in [0.25, 0.3) is 0 Å². The molecule has 0 bridgehead atoms. The highest BCUT2D eigenvalue weighted by atomic mass is 15.3. The molecule has 0 saturated heterocycles. The lowest BCUT2D eigenvalue weighted by atomic mass is 9.82. The van der Waals surface area contributed by atoms with E-state index < -0.39 is 0 Å². The van der Waals surface area contributed by atoms with E-state index in [2.05, 4.69) is 43.0 Å². The summed E-state index contributed by atoms with van der Waals surface area (Å²) >= 11 is 0. The lowest BCUT2D eigenvalue weighted by molar-refractivity contribution is 0.474. The maximum atomic E-state index is 9.43. The minimum atomic E-state index is -0.295. The van der Waals surface area contributed by atoms with E-state index in [0.29, 0.717) is 11.5 Å². The SMILES string of the molecule is C=C1[C@H](c2ccc(C3(C#N)CC3)cc2)C(/C(C)=C/C=C(\C)C#N)N=C(N)N1C. The Hall–Kier alpha value is -3.31. The number of nitriles is 2. The number of likely N-dealkylation sites (N-methyl/N-ethyl adjacent to an activating group) is 1. The molecule has 0 amide bonds. The predicted octanol–water partition coefficient (Wildman–Crippen LogP) is 3.88. The molecule has 2 atom stereocenters. The molecule has 1 saturated carbocycles. The summed E-state index contributed by atoms with van der Waals surface area (Å²) in [5, 5.41) is 18.4. The molecule has 5 nitrogen and oxygen atoms in total. The summed E-state index contributed by atoms with van der Waals surface area (Å²) in [7, 11) is 1.87. The van der Waals surface area contributed by atoms with Crippen molar-refractivity contribution in [2.75, 3.05) is 7.05 Å². The molecule has 5 heteroatoms. The molecule has 1 aliphatic heterocycles. The van der Waals surface area contributed by atoms with Gasteiger partial charge in [0.05, 0.1) is 29.5 Å². The standard InChI is InChI=1S/C23H25N5/c1-15(13-24)5-6-16(2)21-20(17(3)28(4)22(26)27-21)18-7-9-19(10-8-18)23(14-25)11-12-23/h5-10,20-21H,3,11-12H2,1-2,4H3,(H2,26,27)/b15-5+,16-6+/t20-,21?/m1/s1. The number of nitrogens with two attached hydrogens (primary N) is 1. The highest BCUT2D eigenvalue weighted by molar-refractivity contribution is 5.81. The molecule has 0 radical (unpaired) electrons. The van der Waals surface area contributed by atoms with Crippen molar-refractivity contribution in [3.63, 3.8) is 0 Å². The molecule has 1 aromatic carbocycles. The van der Waals surface area contributed by atoms with Crippen molar-refractivity contribution in [3.05, 3.63) is 71.0 Å². The second kappa shape index (κ2) is 7.37. The number of rotatable bonds is 4. The molecular weight excluding hydrogens is 346 g/mol. The van der Waals surface area contributed by atoms with Gasteiger partial charge in [0.1, 0.15) is 0 Å². The van der Waals surface area contributed by atoms with Gasteiger partial charge in [-0.25, -0.2) is 4.99 Å². The third-order valence-corrected chi connectivity index (χ3v) is 5.75. The Bertz CT molecular complexity index is 962. The molecule has 28 heavy (non-hydrogen) atoms. The summed E-state index contributed by atoms with van der Waals surface area (Å²) in [6.45, 7) is 8.03. The van der Waals surface area contributed by atoms with E-state index in [1.165, 1.54) is 0 Å². The van der Waals surface area contributed by atoms with Crippen molar-refractivity contribution in [3.8, 4) is 12.1 Å². The Morgan fingerprint density at radius 3 is 2.43 bits per heavy atom. The second-order valence-electron chi connectivity index (χ2n) is 7.65. The highest BCUT2D eigenvalue weighted by Gasteiger charge is 2.45. The number of allylic oxidation sites excluding steroid dienone is 3. The fraction of sp³-hybridized carbons (Fsp3) is 0.348. The van der Waals surface area contributed by atoms with E-state index in [1.54, 1.807) is 13.0 Å². The minimum absolute atomic E-state index is 0.0596. The van der Waals surface area contributed by atoms with Crippen LogP contribution in [0.15, 0.2) is 64.8 Å². The van der Waals surface area contributed by atoms with Gasteiger partial charge in [-0.15, -0.1) is 0 Å². The smallest absolute Gasteiger partial charge is 0.195 e. The van der Waals surface area contributed by atoms with Crippen LogP contribution >= 0.6 is 0 Å². The van der Waals surface area contributed by atoms with Gasteiger partial charge in [0, 0.05) is 18.3 Å². The van der Waals surface area contributed by atoms with Crippen LogP contribution in [0.3, 0.4) is 0 Å². The van der Waals surface area contributed by atoms with Crippen molar-refractivity contribution in [1.82, 2.24) is 4.90 Å². The average Bonchev–Trinajstić information content (AvgIpc) is 3.51. The summed E-state index contributed by atoms with van der Waals surface area (Å²) in [4.78, 5) is 6.52. The number of aliphatic imine (C=N–C) groups is 1. The van der Waals surface area contributed by atoms with E-state index in [9.17, 15) is 5.26 Å². The number of nitrogens with zero attached hydrogens (tertiary/aromatic N) is 4. The Kier molecular flexibility index (Phi) is 5.12. The number of guanidine groups is 1. The first-order chi connectivity index (χ1) is 13.3. The van der Waals surface area contributed by atoms with Crippen LogP contribution in [0.5, 0.6) is 0 Å². The van der Waals surface area contributed by atoms with Crippen LogP contribution in [-0.4, -0.2) is 23.9 Å². The van der Waals surface area contributed by atoms with Crippen LogP contribution < -0.4 is 5.73 Å². The van der Waals surface area contributed by atoms with E-state index >= 15 is 0 Å². The zero-order valence-corrected chi connectivity index (χ0v) is 16.6. The van der Waals surface area contributed by atoms with Gasteiger partial charge >= 0.3 is 0 Å². The number of hydrogen-bond acceptors (Lipinski definition) is 5. The van der Waals surface area contributed by atoms with Crippen LogP contribution in [0, 0.1) is 22.7 Å². The molecule has 0 aromatic heterocycles. The number of benzene rings is 1. The van der Waals surface area contributed by atoms with Crippen molar-refractivity contribution in [2.45, 2.75) is 44.1 Å². The summed E-state index contributed by atoms with van der Waals surface area (Å²) in [5.41, 5.74) is 10.5. The van der Waals surface area contributed by atoms with Crippen molar-refractivity contribution >= 4 is 5.96 Å². The molecule has 3 rings (SSSR count). The Labute approximate surface area is 166 Å². The lowest BCUT2D eigenvalue weighted by Gasteiger charge is -2.37. The molecule has 1 fully saturated rings. The molecule has 2 aliphatic rings.